The van der Waals surface area contributed by atoms with Gasteiger partial charge in [-0.05, 0) is 173 Å². The number of rotatable bonds is 27. The van der Waals surface area contributed by atoms with Crippen LogP contribution in [0.2, 0.25) is 0 Å². The molecule has 0 radical (unpaired) electrons. The van der Waals surface area contributed by atoms with E-state index in [-0.39, 0.29) is 0 Å². The highest BCUT2D eigenvalue weighted by molar-refractivity contribution is 5.49. The van der Waals surface area contributed by atoms with Crippen molar-refractivity contribution in [3.05, 3.63) is 0 Å². The summed E-state index contributed by atoms with van der Waals surface area (Å²) in [5.41, 5.74) is 0. The van der Waals surface area contributed by atoms with Crippen LogP contribution in [0.15, 0.2) is 0 Å². The third kappa shape index (κ3) is 37.5. The Morgan fingerprint density at radius 1 is 0.421 bits per heavy atom. The Balaban J connectivity index is 0. The molecule has 0 unspecified atom stereocenters. The van der Waals surface area contributed by atoms with E-state index in [0.717, 1.165) is 58.5 Å². The monoisotopic (exact) mass is 545 g/mol. The van der Waals surface area contributed by atoms with Crippen LogP contribution < -0.4 is 16.0 Å². The van der Waals surface area contributed by atoms with Crippen molar-refractivity contribution in [3.63, 3.8) is 0 Å². The van der Waals surface area contributed by atoms with Crippen molar-refractivity contribution in [1.29, 1.82) is 0 Å². The van der Waals surface area contributed by atoms with E-state index in [2.05, 4.69) is 96.8 Å². The van der Waals surface area contributed by atoms with E-state index in [9.17, 15) is 4.79 Å². The summed E-state index contributed by atoms with van der Waals surface area (Å²) in [5, 5.41) is 10.4. The average Bonchev–Trinajstić information content (AvgIpc) is 2.84. The van der Waals surface area contributed by atoms with Crippen molar-refractivity contribution in [2.75, 3.05) is 141 Å². The highest BCUT2D eigenvalue weighted by atomic mass is 16.1. The van der Waals surface area contributed by atoms with Gasteiger partial charge in [0, 0.05) is 13.0 Å². The largest absolute Gasteiger partial charge is 0.317 e. The van der Waals surface area contributed by atoms with E-state index in [4.69, 9.17) is 0 Å². The van der Waals surface area contributed by atoms with Gasteiger partial charge in [0.25, 0.3) is 0 Å². The van der Waals surface area contributed by atoms with Gasteiger partial charge in [-0.2, -0.15) is 0 Å². The molecular weight excluding hydrogens is 476 g/mol. The maximum Gasteiger partial charge on any atom is 0.121 e. The topological polar surface area (TPSA) is 69.4 Å². The number of carbonyl (C=O) groups excluding carboxylic acids is 1. The lowest BCUT2D eigenvalue weighted by Gasteiger charge is -2.23. The average molecular weight is 545 g/mol. The number of nitrogens with zero attached hydrogens (tertiary/aromatic N) is 5. The molecule has 0 heterocycles. The summed E-state index contributed by atoms with van der Waals surface area (Å²) >= 11 is 0. The summed E-state index contributed by atoms with van der Waals surface area (Å²) < 4.78 is 0. The van der Waals surface area contributed by atoms with Gasteiger partial charge >= 0.3 is 0 Å². The fourth-order valence-corrected chi connectivity index (χ4v) is 3.90. The number of nitrogens with one attached hydrogen (secondary N) is 3. The molecule has 0 amide bonds. The minimum absolute atomic E-state index is 0.627. The fourth-order valence-electron chi connectivity index (χ4n) is 3.90. The predicted octanol–water partition coefficient (Wildman–Crippen LogP) is 1.22. The molecule has 0 rings (SSSR count). The molecule has 0 saturated heterocycles. The maximum atomic E-state index is 9.90. The van der Waals surface area contributed by atoms with Crippen LogP contribution >= 0.6 is 0 Å². The lowest BCUT2D eigenvalue weighted by atomic mass is 10.2. The molecule has 0 saturated carbocycles. The first-order valence-corrected chi connectivity index (χ1v) is 15.1. The minimum Gasteiger partial charge on any atom is -0.317 e. The van der Waals surface area contributed by atoms with E-state index >= 15 is 0 Å². The van der Waals surface area contributed by atoms with Crippen molar-refractivity contribution in [2.24, 2.45) is 0 Å². The van der Waals surface area contributed by atoms with Gasteiger partial charge in [0.2, 0.25) is 0 Å². The molecular formula is C29H68N8O. The van der Waals surface area contributed by atoms with Crippen LogP contribution in [0.4, 0.5) is 0 Å². The summed E-state index contributed by atoms with van der Waals surface area (Å²) in [5.74, 6) is 0. The van der Waals surface area contributed by atoms with Gasteiger partial charge in [0.15, 0.2) is 0 Å². The van der Waals surface area contributed by atoms with Crippen LogP contribution in [0.1, 0.15) is 44.9 Å². The van der Waals surface area contributed by atoms with Crippen molar-refractivity contribution in [1.82, 2.24) is 40.4 Å². The predicted molar refractivity (Wildman–Crippen MR) is 168 cm³/mol. The van der Waals surface area contributed by atoms with Crippen molar-refractivity contribution in [2.45, 2.75) is 44.9 Å². The molecule has 0 atom stereocenters. The van der Waals surface area contributed by atoms with Gasteiger partial charge in [0.1, 0.15) is 6.29 Å². The van der Waals surface area contributed by atoms with Crippen molar-refractivity contribution in [3.8, 4) is 0 Å². The second-order valence-electron chi connectivity index (χ2n) is 11.4. The number of hydrogen-bond acceptors (Lipinski definition) is 9. The van der Waals surface area contributed by atoms with Gasteiger partial charge in [-0.15, -0.1) is 0 Å². The molecule has 230 valence electrons. The van der Waals surface area contributed by atoms with Crippen LogP contribution in [0.25, 0.3) is 0 Å². The molecule has 0 aromatic heterocycles. The molecule has 9 nitrogen and oxygen atoms in total. The van der Waals surface area contributed by atoms with Crippen LogP contribution in [0.5, 0.6) is 0 Å². The van der Waals surface area contributed by atoms with Gasteiger partial charge in [-0.1, -0.05) is 0 Å². The summed E-state index contributed by atoms with van der Waals surface area (Å²) in [6, 6.07) is 0. The van der Waals surface area contributed by atoms with E-state index in [1.807, 2.05) is 0 Å². The number of hydrogen-bond donors (Lipinski definition) is 3. The first kappa shape index (κ1) is 39.5. The van der Waals surface area contributed by atoms with Crippen LogP contribution in [0.3, 0.4) is 0 Å². The molecule has 0 aliphatic heterocycles. The van der Waals surface area contributed by atoms with Crippen LogP contribution in [-0.2, 0) is 4.79 Å². The van der Waals surface area contributed by atoms with E-state index < -0.39 is 0 Å². The minimum atomic E-state index is 0.627. The highest BCUT2D eigenvalue weighted by Gasteiger charge is 2.05. The zero-order chi connectivity index (χ0) is 28.9. The molecule has 0 aliphatic rings. The second-order valence-corrected chi connectivity index (χ2v) is 11.4. The quantitative estimate of drug-likeness (QED) is 0.105. The Bertz CT molecular complexity index is 442. The third-order valence-electron chi connectivity index (χ3n) is 6.05. The van der Waals surface area contributed by atoms with E-state index in [0.29, 0.717) is 6.42 Å². The van der Waals surface area contributed by atoms with Crippen molar-refractivity contribution < 1.29 is 4.79 Å². The zero-order valence-corrected chi connectivity index (χ0v) is 26.9. The standard InChI is InChI=1S/C21H50N6.C8H18N2O/c1-24(2)16-7-12-22-14-9-19-27(21-11-18-26(5)6)20-10-15-23-13-8-17-25(3)4;1-10(2)7-3-5-9-6-4-8-11/h22-23H,7-21H2,1-6H3;8-9H,3-7H2,1-2H3. The summed E-state index contributed by atoms with van der Waals surface area (Å²) in [6.07, 6.45) is 8.95. The molecule has 0 aliphatic carbocycles. The normalized spacial score (nSPS) is 11.7. The van der Waals surface area contributed by atoms with Crippen LogP contribution in [-0.4, -0.2) is 172 Å². The first-order chi connectivity index (χ1) is 18.2. The third-order valence-corrected chi connectivity index (χ3v) is 6.05. The van der Waals surface area contributed by atoms with E-state index in [1.165, 1.54) is 71.4 Å². The molecule has 0 aromatic rings. The Hall–Kier alpha value is -0.650. The smallest absolute Gasteiger partial charge is 0.121 e. The Morgan fingerprint density at radius 2 is 0.711 bits per heavy atom. The Morgan fingerprint density at radius 3 is 1.05 bits per heavy atom. The summed E-state index contributed by atoms with van der Waals surface area (Å²) in [6.45, 7) is 14.7. The maximum absolute atomic E-state index is 9.90. The summed E-state index contributed by atoms with van der Waals surface area (Å²) in [7, 11) is 17.0. The summed E-state index contributed by atoms with van der Waals surface area (Å²) in [4.78, 5) is 21.5. The van der Waals surface area contributed by atoms with Gasteiger partial charge < -0.3 is 45.2 Å². The van der Waals surface area contributed by atoms with Gasteiger partial charge in [-0.25, -0.2) is 0 Å². The van der Waals surface area contributed by atoms with Gasteiger partial charge in [-0.3, -0.25) is 0 Å². The van der Waals surface area contributed by atoms with Crippen LogP contribution in [0, 0.1) is 0 Å². The number of carbonyl (C=O) groups is 1. The van der Waals surface area contributed by atoms with E-state index in [1.54, 1.807) is 0 Å². The van der Waals surface area contributed by atoms with Gasteiger partial charge in [0.05, 0.1) is 0 Å². The molecule has 0 fully saturated rings. The number of aldehydes is 1. The molecule has 0 aromatic carbocycles. The molecule has 38 heavy (non-hydrogen) atoms. The molecule has 0 spiro atoms. The second kappa shape index (κ2) is 30.9. The molecule has 9 heteroatoms. The SMILES string of the molecule is CN(C)CCCNCCC=O.CN(C)CCCNCCCN(CCCNCCCN(C)C)CCCN(C)C. The fraction of sp³-hybridized carbons (Fsp3) is 0.966. The Kier molecular flexibility index (Phi) is 32.1. The zero-order valence-electron chi connectivity index (χ0n) is 26.9. The lowest BCUT2D eigenvalue weighted by molar-refractivity contribution is -0.107. The Labute approximate surface area is 238 Å². The van der Waals surface area contributed by atoms with Crippen molar-refractivity contribution >= 4 is 6.29 Å². The highest BCUT2D eigenvalue weighted by Crippen LogP contribution is 1.98. The molecule has 3 N–H and O–H groups in total. The molecule has 0 bridgehead atoms. The first-order valence-electron chi connectivity index (χ1n) is 15.1. The lowest BCUT2D eigenvalue weighted by Crippen LogP contribution is -2.33.